The second-order valence-electron chi connectivity index (χ2n) is 7.58. The topological polar surface area (TPSA) is 73.9 Å². The number of rotatable bonds is 13. The van der Waals surface area contributed by atoms with Crippen LogP contribution in [0.3, 0.4) is 0 Å². The number of para-hydroxylation sites is 1. The number of methoxy groups -OCH3 is 1. The second kappa shape index (κ2) is 12.4. The van der Waals surface area contributed by atoms with Gasteiger partial charge >= 0.3 is 13.5 Å². The zero-order chi connectivity index (χ0) is 22.0. The summed E-state index contributed by atoms with van der Waals surface area (Å²) in [6.45, 7) is 11.7. The van der Waals surface area contributed by atoms with E-state index in [2.05, 4.69) is 25.9 Å². The van der Waals surface area contributed by atoms with E-state index in [-0.39, 0.29) is 18.4 Å². The zero-order valence-corrected chi connectivity index (χ0v) is 19.9. The van der Waals surface area contributed by atoms with Gasteiger partial charge in [0.1, 0.15) is 18.1 Å². The van der Waals surface area contributed by atoms with Crippen molar-refractivity contribution in [2.45, 2.75) is 85.3 Å². The van der Waals surface area contributed by atoms with Crippen molar-refractivity contribution in [2.24, 2.45) is 0 Å². The number of ether oxygens (including phenoxy) is 2. The smallest absolute Gasteiger partial charge is 0.342 e. The van der Waals surface area contributed by atoms with Crippen LogP contribution in [0.2, 0.25) is 0 Å². The number of hydrogen-bond donors (Lipinski definition) is 1. The lowest BCUT2D eigenvalue weighted by molar-refractivity contribution is -0.149. The van der Waals surface area contributed by atoms with Gasteiger partial charge in [0.25, 0.3) is 0 Å². The summed E-state index contributed by atoms with van der Waals surface area (Å²) in [6, 6.07) is 5.25. The molecule has 0 fully saturated rings. The predicted octanol–water partition coefficient (Wildman–Crippen LogP) is 5.65. The van der Waals surface area contributed by atoms with Crippen molar-refractivity contribution in [3.63, 3.8) is 0 Å². The number of hydrogen-bond acceptors (Lipinski definition) is 5. The number of aryl methyl sites for hydroxylation is 1. The Bertz CT molecular complexity index is 694. The fraction of sp³-hybridized carbons (Fsp3) is 0.682. The van der Waals surface area contributed by atoms with Gasteiger partial charge in [0, 0.05) is 7.11 Å². The van der Waals surface area contributed by atoms with Crippen LogP contribution in [-0.2, 0) is 25.3 Å². The number of benzene rings is 1. The first kappa shape index (κ1) is 25.7. The van der Waals surface area contributed by atoms with Crippen molar-refractivity contribution >= 4 is 13.5 Å². The van der Waals surface area contributed by atoms with E-state index in [1.54, 1.807) is 6.92 Å². The fourth-order valence-electron chi connectivity index (χ4n) is 2.93. The third-order valence-corrected chi connectivity index (χ3v) is 6.82. The Morgan fingerprint density at radius 1 is 1.14 bits per heavy atom. The highest BCUT2D eigenvalue weighted by molar-refractivity contribution is 7.57. The summed E-state index contributed by atoms with van der Waals surface area (Å²) in [4.78, 5) is 12.3. The summed E-state index contributed by atoms with van der Waals surface area (Å²) in [6.07, 6.45) is 3.07. The number of esters is 1. The maximum Gasteiger partial charge on any atom is 0.342 e. The minimum atomic E-state index is -3.50. The molecule has 0 spiro atoms. The molecular weight excluding hydrogens is 389 g/mol. The van der Waals surface area contributed by atoms with Crippen LogP contribution in [-0.4, -0.2) is 31.6 Å². The monoisotopic (exact) mass is 427 g/mol. The van der Waals surface area contributed by atoms with Gasteiger partial charge < -0.3 is 14.0 Å². The van der Waals surface area contributed by atoms with Crippen molar-refractivity contribution in [3.05, 3.63) is 29.3 Å². The van der Waals surface area contributed by atoms with E-state index < -0.39 is 19.5 Å². The van der Waals surface area contributed by atoms with E-state index in [0.29, 0.717) is 12.2 Å². The molecule has 0 aliphatic heterocycles. The van der Waals surface area contributed by atoms with Crippen LogP contribution >= 0.6 is 7.52 Å². The van der Waals surface area contributed by atoms with Gasteiger partial charge in [0.15, 0.2) is 0 Å². The largest absolute Gasteiger partial charge is 0.462 e. The quantitative estimate of drug-likeness (QED) is 0.324. The fourth-order valence-corrected chi connectivity index (χ4v) is 4.66. The molecule has 1 rings (SSSR count). The van der Waals surface area contributed by atoms with Gasteiger partial charge in [-0.05, 0) is 50.2 Å². The molecule has 0 aliphatic rings. The van der Waals surface area contributed by atoms with Gasteiger partial charge in [-0.25, -0.2) is 5.09 Å². The molecule has 0 radical (unpaired) electrons. The lowest BCUT2D eigenvalue weighted by Gasteiger charge is -2.27. The van der Waals surface area contributed by atoms with Gasteiger partial charge in [-0.1, -0.05) is 52.3 Å². The Morgan fingerprint density at radius 3 is 2.38 bits per heavy atom. The molecule has 1 N–H and O–H groups in total. The van der Waals surface area contributed by atoms with Crippen LogP contribution in [0.5, 0.6) is 5.75 Å². The van der Waals surface area contributed by atoms with E-state index in [0.717, 1.165) is 30.4 Å². The SMILES string of the molecule is CCCc1cccc(C(C)CC)c1OP(=O)(COC)N[C@@H](C)C(=O)O[C@H](C)CC. The second-order valence-corrected chi connectivity index (χ2v) is 9.63. The lowest BCUT2D eigenvalue weighted by atomic mass is 9.94. The van der Waals surface area contributed by atoms with Crippen molar-refractivity contribution in [3.8, 4) is 5.75 Å². The molecule has 0 saturated heterocycles. The van der Waals surface area contributed by atoms with Crippen molar-refractivity contribution in [2.75, 3.05) is 13.5 Å². The molecule has 0 amide bonds. The third kappa shape index (κ3) is 7.76. The molecular formula is C22H38NO5P. The van der Waals surface area contributed by atoms with E-state index in [1.165, 1.54) is 7.11 Å². The highest BCUT2D eigenvalue weighted by atomic mass is 31.2. The Labute approximate surface area is 176 Å². The molecule has 7 heteroatoms. The highest BCUT2D eigenvalue weighted by Gasteiger charge is 2.32. The van der Waals surface area contributed by atoms with Crippen LogP contribution in [0, 0.1) is 0 Å². The first-order valence-corrected chi connectivity index (χ1v) is 12.4. The molecule has 0 heterocycles. The van der Waals surface area contributed by atoms with E-state index >= 15 is 0 Å². The van der Waals surface area contributed by atoms with Crippen LogP contribution in [0.1, 0.15) is 77.8 Å². The van der Waals surface area contributed by atoms with E-state index in [9.17, 15) is 9.36 Å². The lowest BCUT2D eigenvalue weighted by Crippen LogP contribution is -2.37. The summed E-state index contributed by atoms with van der Waals surface area (Å²) in [5.74, 6) is 0.438. The summed E-state index contributed by atoms with van der Waals surface area (Å²) >= 11 is 0. The van der Waals surface area contributed by atoms with Gasteiger partial charge in [-0.15, -0.1) is 0 Å². The van der Waals surface area contributed by atoms with Gasteiger partial charge in [0.05, 0.1) is 6.10 Å². The maximum absolute atomic E-state index is 13.6. The van der Waals surface area contributed by atoms with Crippen LogP contribution in [0.25, 0.3) is 0 Å². The number of carbonyl (C=O) groups is 1. The van der Waals surface area contributed by atoms with Crippen molar-refractivity contribution in [1.29, 1.82) is 0 Å². The molecule has 0 bridgehead atoms. The van der Waals surface area contributed by atoms with Crippen molar-refractivity contribution < 1.29 is 23.4 Å². The molecule has 6 nitrogen and oxygen atoms in total. The van der Waals surface area contributed by atoms with E-state index in [1.807, 2.05) is 32.0 Å². The normalized spacial score (nSPS) is 16.5. The molecule has 29 heavy (non-hydrogen) atoms. The number of carbonyl (C=O) groups excluding carboxylic acids is 1. The Hall–Kier alpha value is -1.36. The summed E-state index contributed by atoms with van der Waals surface area (Å²) < 4.78 is 30.3. The average molecular weight is 428 g/mol. The average Bonchev–Trinajstić information content (AvgIpc) is 2.68. The minimum absolute atomic E-state index is 0.144. The van der Waals surface area contributed by atoms with Crippen molar-refractivity contribution in [1.82, 2.24) is 5.09 Å². The zero-order valence-electron chi connectivity index (χ0n) is 19.0. The molecule has 1 aromatic carbocycles. The Balaban J connectivity index is 3.19. The third-order valence-electron chi connectivity index (χ3n) is 4.96. The van der Waals surface area contributed by atoms with Gasteiger partial charge in [-0.2, -0.15) is 0 Å². The molecule has 0 aliphatic carbocycles. The molecule has 166 valence electrons. The van der Waals surface area contributed by atoms with Crippen LogP contribution < -0.4 is 9.61 Å². The summed E-state index contributed by atoms with van der Waals surface area (Å²) in [5.41, 5.74) is 2.03. The molecule has 1 aromatic rings. The molecule has 4 atom stereocenters. The predicted molar refractivity (Wildman–Crippen MR) is 118 cm³/mol. The Kier molecular flexibility index (Phi) is 10.9. The molecule has 0 aromatic heterocycles. The van der Waals surface area contributed by atoms with Crippen LogP contribution in [0.15, 0.2) is 18.2 Å². The molecule has 2 unspecified atom stereocenters. The highest BCUT2D eigenvalue weighted by Crippen LogP contribution is 2.47. The standard InChI is InChI=1S/C22H38NO5P/c1-8-12-19-13-11-14-20(16(4)9-2)21(19)28-29(25,15-26-7)23-18(6)22(24)27-17(5)10-3/h11,13-14,16-18H,8-10,12,15H2,1-7H3,(H,23,25)/t16?,17-,18+,29?/m1/s1. The summed E-state index contributed by atoms with van der Waals surface area (Å²) in [5, 5.41) is 2.86. The van der Waals surface area contributed by atoms with Gasteiger partial charge in [0.2, 0.25) is 0 Å². The maximum atomic E-state index is 13.6. The summed E-state index contributed by atoms with van der Waals surface area (Å²) in [7, 11) is -2.04. The van der Waals surface area contributed by atoms with Gasteiger partial charge in [-0.3, -0.25) is 9.36 Å². The first-order valence-electron chi connectivity index (χ1n) is 10.6. The van der Waals surface area contributed by atoms with E-state index in [4.69, 9.17) is 14.0 Å². The molecule has 0 saturated carbocycles. The number of nitrogens with one attached hydrogen (secondary N) is 1. The Morgan fingerprint density at radius 2 is 1.83 bits per heavy atom. The van der Waals surface area contributed by atoms with Crippen LogP contribution in [0.4, 0.5) is 0 Å². The first-order chi connectivity index (χ1) is 13.7. The minimum Gasteiger partial charge on any atom is -0.462 e.